The number of aryl methyl sites for hydroxylation is 2. The number of carbonyl (C=O) groups is 3. The van der Waals surface area contributed by atoms with E-state index in [9.17, 15) is 19.5 Å². The number of carbonyl (C=O) groups excluding carboxylic acids is 3. The summed E-state index contributed by atoms with van der Waals surface area (Å²) >= 11 is 3.51. The molecule has 0 spiro atoms. The normalized spacial score (nSPS) is 22.2. The van der Waals surface area contributed by atoms with Crippen molar-refractivity contribution in [3.8, 4) is 5.75 Å². The van der Waals surface area contributed by atoms with Crippen molar-refractivity contribution >= 4 is 44.9 Å². The highest BCUT2D eigenvalue weighted by Gasteiger charge is 2.56. The molecular formula is C33H37BrN2O5. The van der Waals surface area contributed by atoms with Crippen LogP contribution >= 0.6 is 15.9 Å². The molecule has 0 radical (unpaired) electrons. The van der Waals surface area contributed by atoms with Crippen LogP contribution in [-0.2, 0) is 14.4 Å². The number of aliphatic hydroxyl groups is 1. The van der Waals surface area contributed by atoms with E-state index in [0.29, 0.717) is 33.8 Å². The predicted octanol–water partition coefficient (Wildman–Crippen LogP) is 6.40. The molecular weight excluding hydrogens is 584 g/mol. The molecule has 0 saturated heterocycles. The van der Waals surface area contributed by atoms with Gasteiger partial charge in [0.1, 0.15) is 17.5 Å². The standard InChI is InChI=1S/C33H37BrN2O5/c1-7-41-27-15-14-22(34)16-23(27)28-29(31(38)35-24-12-8-10-18(2)20(24)4)26(37)17-33(6,40)30(28)32(39)36-25-13-9-11-19(3)21(25)5/h8-16,28-30,40H,7,17H2,1-6H3,(H,35,38)(H,36,39). The van der Waals surface area contributed by atoms with Gasteiger partial charge in [0, 0.05) is 33.7 Å². The minimum absolute atomic E-state index is 0.338. The molecule has 1 fully saturated rings. The molecule has 4 rings (SSSR count). The van der Waals surface area contributed by atoms with Crippen LogP contribution in [0.2, 0.25) is 0 Å². The Morgan fingerprint density at radius 1 is 0.951 bits per heavy atom. The molecule has 1 aliphatic rings. The van der Waals surface area contributed by atoms with Gasteiger partial charge in [-0.15, -0.1) is 0 Å². The van der Waals surface area contributed by atoms with Crippen molar-refractivity contribution in [3.05, 3.63) is 86.9 Å². The Labute approximate surface area is 249 Å². The molecule has 41 heavy (non-hydrogen) atoms. The van der Waals surface area contributed by atoms with E-state index in [1.807, 2.05) is 58.9 Å². The molecule has 216 valence electrons. The zero-order valence-electron chi connectivity index (χ0n) is 24.3. The first-order chi connectivity index (χ1) is 19.4. The van der Waals surface area contributed by atoms with Crippen molar-refractivity contribution < 1.29 is 24.2 Å². The smallest absolute Gasteiger partial charge is 0.235 e. The van der Waals surface area contributed by atoms with Gasteiger partial charge in [-0.2, -0.15) is 0 Å². The first-order valence-corrected chi connectivity index (χ1v) is 14.6. The maximum atomic E-state index is 14.1. The molecule has 4 unspecified atom stereocenters. The fourth-order valence-electron chi connectivity index (χ4n) is 5.73. The highest BCUT2D eigenvalue weighted by atomic mass is 79.9. The monoisotopic (exact) mass is 620 g/mol. The van der Waals surface area contributed by atoms with Crippen molar-refractivity contribution in [2.75, 3.05) is 17.2 Å². The van der Waals surface area contributed by atoms with Gasteiger partial charge in [0.2, 0.25) is 11.8 Å². The minimum Gasteiger partial charge on any atom is -0.494 e. The lowest BCUT2D eigenvalue weighted by molar-refractivity contribution is -0.150. The van der Waals surface area contributed by atoms with E-state index in [4.69, 9.17) is 4.74 Å². The van der Waals surface area contributed by atoms with Gasteiger partial charge in [-0.05, 0) is 94.1 Å². The highest BCUT2D eigenvalue weighted by Crippen LogP contribution is 2.49. The molecule has 7 nitrogen and oxygen atoms in total. The summed E-state index contributed by atoms with van der Waals surface area (Å²) < 4.78 is 6.62. The molecule has 1 aliphatic carbocycles. The summed E-state index contributed by atoms with van der Waals surface area (Å²) in [7, 11) is 0. The first-order valence-electron chi connectivity index (χ1n) is 13.8. The number of nitrogens with one attached hydrogen (secondary N) is 2. The lowest BCUT2D eigenvalue weighted by atomic mass is 9.61. The van der Waals surface area contributed by atoms with Crippen molar-refractivity contribution in [2.24, 2.45) is 11.8 Å². The lowest BCUT2D eigenvalue weighted by Crippen LogP contribution is -2.56. The third kappa shape index (κ3) is 6.23. The van der Waals surface area contributed by atoms with Crippen LogP contribution in [0.5, 0.6) is 5.75 Å². The number of hydrogen-bond donors (Lipinski definition) is 3. The Bertz CT molecular complexity index is 1500. The van der Waals surface area contributed by atoms with E-state index >= 15 is 0 Å². The number of halogens is 1. The maximum absolute atomic E-state index is 14.1. The Balaban J connectivity index is 1.87. The number of Topliss-reactive ketones (excluding diaryl/α,β-unsaturated/α-hetero) is 1. The Kier molecular flexibility index (Phi) is 9.04. The van der Waals surface area contributed by atoms with Crippen LogP contribution in [0.15, 0.2) is 59.1 Å². The van der Waals surface area contributed by atoms with Gasteiger partial charge >= 0.3 is 0 Å². The molecule has 2 amide bonds. The fourth-order valence-corrected chi connectivity index (χ4v) is 6.11. The minimum atomic E-state index is -1.73. The SMILES string of the molecule is CCOc1ccc(Br)cc1C1C(C(=O)Nc2cccc(C)c2C)C(=O)CC(C)(O)C1C(=O)Nc1cccc(C)c1C. The van der Waals surface area contributed by atoms with Crippen molar-refractivity contribution in [2.45, 2.75) is 59.5 Å². The topological polar surface area (TPSA) is 105 Å². The number of benzene rings is 3. The summed E-state index contributed by atoms with van der Waals surface area (Å²) in [6.07, 6.45) is -0.350. The lowest BCUT2D eigenvalue weighted by Gasteiger charge is -2.45. The van der Waals surface area contributed by atoms with E-state index in [-0.39, 0.29) is 6.42 Å². The summed E-state index contributed by atoms with van der Waals surface area (Å²) in [5, 5.41) is 17.6. The second-order valence-corrected chi connectivity index (χ2v) is 12.0. The second-order valence-electron chi connectivity index (χ2n) is 11.1. The first kappa shape index (κ1) is 30.5. The summed E-state index contributed by atoms with van der Waals surface area (Å²) in [6, 6.07) is 16.5. The maximum Gasteiger partial charge on any atom is 0.235 e. The molecule has 3 aromatic carbocycles. The molecule has 0 aromatic heterocycles. The van der Waals surface area contributed by atoms with E-state index in [0.717, 1.165) is 22.3 Å². The van der Waals surface area contributed by atoms with Crippen LogP contribution in [0.4, 0.5) is 11.4 Å². The van der Waals surface area contributed by atoms with E-state index in [1.165, 1.54) is 6.92 Å². The van der Waals surface area contributed by atoms with Gasteiger partial charge in [-0.3, -0.25) is 14.4 Å². The molecule has 4 atom stereocenters. The number of anilines is 2. The van der Waals surface area contributed by atoms with Crippen LogP contribution in [0.3, 0.4) is 0 Å². The van der Waals surface area contributed by atoms with E-state index < -0.39 is 41.0 Å². The average Bonchev–Trinajstić information content (AvgIpc) is 2.89. The van der Waals surface area contributed by atoms with Crippen LogP contribution in [0.25, 0.3) is 0 Å². The van der Waals surface area contributed by atoms with Crippen LogP contribution in [0.1, 0.15) is 54.0 Å². The number of rotatable bonds is 7. The Morgan fingerprint density at radius 2 is 1.51 bits per heavy atom. The highest BCUT2D eigenvalue weighted by molar-refractivity contribution is 9.10. The summed E-state index contributed by atoms with van der Waals surface area (Å²) in [5.41, 5.74) is 3.74. The number of ketones is 1. The van der Waals surface area contributed by atoms with Gasteiger partial charge in [0.15, 0.2) is 0 Å². The molecule has 3 N–H and O–H groups in total. The molecule has 0 aliphatic heterocycles. The molecule has 1 saturated carbocycles. The van der Waals surface area contributed by atoms with Gasteiger partial charge in [0.05, 0.1) is 18.1 Å². The zero-order valence-corrected chi connectivity index (χ0v) is 25.9. The van der Waals surface area contributed by atoms with Gasteiger partial charge < -0.3 is 20.5 Å². The fraction of sp³-hybridized carbons (Fsp3) is 0.364. The largest absolute Gasteiger partial charge is 0.494 e. The Hall–Kier alpha value is -3.49. The van der Waals surface area contributed by atoms with Crippen LogP contribution < -0.4 is 15.4 Å². The van der Waals surface area contributed by atoms with Crippen molar-refractivity contribution in [3.63, 3.8) is 0 Å². The molecule has 0 heterocycles. The third-order valence-corrected chi connectivity index (χ3v) is 8.68. The average molecular weight is 622 g/mol. The summed E-state index contributed by atoms with van der Waals surface area (Å²) in [5.74, 6) is -4.42. The summed E-state index contributed by atoms with van der Waals surface area (Å²) in [4.78, 5) is 41.9. The second kappa shape index (κ2) is 12.2. The number of hydrogen-bond acceptors (Lipinski definition) is 5. The number of amides is 2. The molecule has 3 aromatic rings. The van der Waals surface area contributed by atoms with E-state index in [1.54, 1.807) is 30.3 Å². The van der Waals surface area contributed by atoms with Crippen molar-refractivity contribution in [1.29, 1.82) is 0 Å². The number of ether oxygens (including phenoxy) is 1. The van der Waals surface area contributed by atoms with Crippen molar-refractivity contribution in [1.82, 2.24) is 0 Å². The van der Waals surface area contributed by atoms with Gasteiger partial charge in [-0.25, -0.2) is 0 Å². The summed E-state index contributed by atoms with van der Waals surface area (Å²) in [6.45, 7) is 11.4. The molecule has 8 heteroatoms. The van der Waals surface area contributed by atoms with E-state index in [2.05, 4.69) is 26.6 Å². The van der Waals surface area contributed by atoms with Gasteiger partial charge in [-0.1, -0.05) is 40.2 Å². The molecule has 0 bridgehead atoms. The third-order valence-electron chi connectivity index (χ3n) is 8.19. The van der Waals surface area contributed by atoms with Gasteiger partial charge in [0.25, 0.3) is 0 Å². The Morgan fingerprint density at radius 3 is 2.07 bits per heavy atom. The quantitative estimate of drug-likeness (QED) is 0.265. The zero-order chi connectivity index (χ0) is 30.1. The predicted molar refractivity (Wildman–Crippen MR) is 164 cm³/mol. The van der Waals surface area contributed by atoms with Crippen LogP contribution in [0, 0.1) is 39.5 Å². The van der Waals surface area contributed by atoms with Crippen LogP contribution in [-0.4, -0.2) is 34.9 Å².